The predicted octanol–water partition coefficient (Wildman–Crippen LogP) is 0.723. The van der Waals surface area contributed by atoms with Crippen molar-refractivity contribution in [2.45, 2.75) is 0 Å². The van der Waals surface area contributed by atoms with E-state index in [0.717, 1.165) is 15.8 Å². The molecule has 0 unspecified atom stereocenters. The van der Waals surface area contributed by atoms with Gasteiger partial charge in [0.2, 0.25) is 0 Å². The highest BCUT2D eigenvalue weighted by Gasteiger charge is 2.18. The number of benzene rings is 1. The Kier molecular flexibility index (Phi) is 3.48. The van der Waals surface area contributed by atoms with Crippen molar-refractivity contribution in [2.24, 2.45) is 0 Å². The summed E-state index contributed by atoms with van der Waals surface area (Å²) in [7, 11) is 0. The molecule has 2 aromatic rings. The predicted molar refractivity (Wildman–Crippen MR) is 68.5 cm³/mol. The Hall–Kier alpha value is -2.81. The summed E-state index contributed by atoms with van der Waals surface area (Å²) in [6.07, 6.45) is 6.74. The van der Waals surface area contributed by atoms with Crippen LogP contribution in [0.25, 0.3) is 10.9 Å². The van der Waals surface area contributed by atoms with Crippen LogP contribution in [0.2, 0.25) is 0 Å². The van der Waals surface area contributed by atoms with Gasteiger partial charge in [0.05, 0.1) is 18.3 Å². The fourth-order valence-corrected chi connectivity index (χ4v) is 1.73. The Morgan fingerprint density at radius 3 is 2.95 bits per heavy atom. The number of fused-ring (bicyclic) bond motifs is 1. The lowest BCUT2D eigenvalue weighted by molar-refractivity contribution is -0.137. The highest BCUT2D eigenvalue weighted by Crippen LogP contribution is 2.14. The van der Waals surface area contributed by atoms with Crippen LogP contribution >= 0.6 is 0 Å². The molecule has 0 spiro atoms. The van der Waals surface area contributed by atoms with Crippen LogP contribution in [-0.2, 0) is 4.79 Å². The zero-order valence-corrected chi connectivity index (χ0v) is 9.96. The first kappa shape index (κ1) is 12.6. The molecule has 6 heteroatoms. The number of H-pyrrole nitrogens is 1. The highest BCUT2D eigenvalue weighted by molar-refractivity contribution is 5.99. The Bertz CT molecular complexity index is 669. The average Bonchev–Trinajstić information content (AvgIpc) is 2.84. The van der Waals surface area contributed by atoms with Crippen molar-refractivity contribution >= 4 is 22.8 Å². The van der Waals surface area contributed by atoms with E-state index in [2.05, 4.69) is 16.1 Å². The van der Waals surface area contributed by atoms with Gasteiger partial charge in [0.25, 0.3) is 5.91 Å². The average molecular weight is 257 g/mol. The van der Waals surface area contributed by atoms with Crippen LogP contribution in [0.1, 0.15) is 10.4 Å². The second-order valence-corrected chi connectivity index (χ2v) is 3.93. The van der Waals surface area contributed by atoms with E-state index < -0.39 is 18.4 Å². The number of rotatable bonds is 4. The maximum atomic E-state index is 12.2. The Balaban J connectivity index is 2.29. The van der Waals surface area contributed by atoms with Crippen LogP contribution < -0.4 is 0 Å². The molecule has 1 heterocycles. The standard InChI is InChI=1S/C13H11N3O3/c1-2-5-16(8-12(17)18)13(19)9-3-4-11-10(6-9)7-14-15-11/h1,3-4,6-7H,5,8H2,(H,14,15)(H,17,18). The number of amides is 1. The second-order valence-electron chi connectivity index (χ2n) is 3.93. The van der Waals surface area contributed by atoms with E-state index in [1.54, 1.807) is 24.4 Å². The van der Waals surface area contributed by atoms with Gasteiger partial charge in [0.1, 0.15) is 6.54 Å². The largest absolute Gasteiger partial charge is 0.480 e. The molecule has 96 valence electrons. The summed E-state index contributed by atoms with van der Waals surface area (Å²) in [5.41, 5.74) is 1.18. The molecule has 19 heavy (non-hydrogen) atoms. The molecule has 1 aromatic heterocycles. The molecule has 0 atom stereocenters. The van der Waals surface area contributed by atoms with Gasteiger partial charge in [-0.3, -0.25) is 14.7 Å². The molecule has 0 radical (unpaired) electrons. The molecular weight excluding hydrogens is 246 g/mol. The zero-order chi connectivity index (χ0) is 13.8. The minimum atomic E-state index is -1.10. The molecule has 0 saturated heterocycles. The second kappa shape index (κ2) is 5.23. The van der Waals surface area contributed by atoms with Crippen LogP contribution in [0.15, 0.2) is 24.4 Å². The molecule has 0 aliphatic heterocycles. The first-order valence-electron chi connectivity index (χ1n) is 5.49. The molecule has 0 aliphatic rings. The maximum absolute atomic E-state index is 12.2. The van der Waals surface area contributed by atoms with Crippen molar-refractivity contribution in [3.05, 3.63) is 30.0 Å². The van der Waals surface area contributed by atoms with E-state index in [9.17, 15) is 9.59 Å². The van der Waals surface area contributed by atoms with Crippen molar-refractivity contribution in [1.82, 2.24) is 15.1 Å². The van der Waals surface area contributed by atoms with E-state index in [4.69, 9.17) is 11.5 Å². The molecule has 0 aliphatic carbocycles. The maximum Gasteiger partial charge on any atom is 0.323 e. The minimum absolute atomic E-state index is 0.0471. The molecule has 0 saturated carbocycles. The normalized spacial score (nSPS) is 10.1. The van der Waals surface area contributed by atoms with E-state index in [1.807, 2.05) is 0 Å². The van der Waals surface area contributed by atoms with E-state index in [-0.39, 0.29) is 6.54 Å². The number of aliphatic carboxylic acids is 1. The summed E-state index contributed by atoms with van der Waals surface area (Å²) in [4.78, 5) is 24.0. The summed E-state index contributed by atoms with van der Waals surface area (Å²) in [5, 5.41) is 16.2. The summed E-state index contributed by atoms with van der Waals surface area (Å²) in [6.45, 7) is -0.471. The van der Waals surface area contributed by atoms with Gasteiger partial charge in [-0.2, -0.15) is 5.10 Å². The lowest BCUT2D eigenvalue weighted by atomic mass is 10.1. The zero-order valence-electron chi connectivity index (χ0n) is 9.96. The number of terminal acetylenes is 1. The van der Waals surface area contributed by atoms with Crippen molar-refractivity contribution in [2.75, 3.05) is 13.1 Å². The Morgan fingerprint density at radius 2 is 2.26 bits per heavy atom. The van der Waals surface area contributed by atoms with Crippen LogP contribution in [0.4, 0.5) is 0 Å². The molecule has 1 aromatic carbocycles. The molecule has 2 N–H and O–H groups in total. The summed E-state index contributed by atoms with van der Waals surface area (Å²) in [5.74, 6) is 0.762. The SMILES string of the molecule is C#CCN(CC(=O)O)C(=O)c1ccc2[nH]ncc2c1. The molecule has 0 fully saturated rings. The minimum Gasteiger partial charge on any atom is -0.480 e. The topological polar surface area (TPSA) is 86.3 Å². The van der Waals surface area contributed by atoms with E-state index >= 15 is 0 Å². The number of aromatic amines is 1. The number of nitrogens with one attached hydrogen (secondary N) is 1. The number of hydrogen-bond acceptors (Lipinski definition) is 3. The molecule has 6 nitrogen and oxygen atoms in total. The number of carbonyl (C=O) groups is 2. The van der Waals surface area contributed by atoms with Crippen LogP contribution in [0.5, 0.6) is 0 Å². The van der Waals surface area contributed by atoms with Gasteiger partial charge in [0.15, 0.2) is 0 Å². The van der Waals surface area contributed by atoms with Gasteiger partial charge in [-0.05, 0) is 18.2 Å². The molecular formula is C13H11N3O3. The van der Waals surface area contributed by atoms with Crippen molar-refractivity contribution in [1.29, 1.82) is 0 Å². The number of carboxylic acids is 1. The van der Waals surface area contributed by atoms with Crippen LogP contribution in [0, 0.1) is 12.3 Å². The van der Waals surface area contributed by atoms with Gasteiger partial charge < -0.3 is 10.0 Å². The van der Waals surface area contributed by atoms with Gasteiger partial charge in [0, 0.05) is 10.9 Å². The Labute approximate surface area is 109 Å². The van der Waals surface area contributed by atoms with Crippen molar-refractivity contribution in [3.8, 4) is 12.3 Å². The number of hydrogen-bond donors (Lipinski definition) is 2. The van der Waals surface area contributed by atoms with Crippen molar-refractivity contribution < 1.29 is 14.7 Å². The third-order valence-electron chi connectivity index (χ3n) is 2.58. The molecule has 0 bridgehead atoms. The summed E-state index contributed by atoms with van der Waals surface area (Å²) < 4.78 is 0. The third kappa shape index (κ3) is 2.72. The number of carboxylic acid groups (broad SMARTS) is 1. The van der Waals surface area contributed by atoms with Gasteiger partial charge in [-0.25, -0.2) is 0 Å². The highest BCUT2D eigenvalue weighted by atomic mass is 16.4. The van der Waals surface area contributed by atoms with Gasteiger partial charge in [-0.15, -0.1) is 6.42 Å². The first-order chi connectivity index (χ1) is 9.11. The smallest absolute Gasteiger partial charge is 0.323 e. The Morgan fingerprint density at radius 1 is 1.47 bits per heavy atom. The van der Waals surface area contributed by atoms with E-state index in [0.29, 0.717) is 5.56 Å². The van der Waals surface area contributed by atoms with E-state index in [1.165, 1.54) is 0 Å². The molecule has 1 amide bonds. The fraction of sp³-hybridized carbons (Fsp3) is 0.154. The number of carbonyl (C=O) groups excluding carboxylic acids is 1. The molecule has 2 rings (SSSR count). The number of nitrogens with zero attached hydrogens (tertiary/aromatic N) is 2. The van der Waals surface area contributed by atoms with Crippen molar-refractivity contribution in [3.63, 3.8) is 0 Å². The monoisotopic (exact) mass is 257 g/mol. The fourth-order valence-electron chi connectivity index (χ4n) is 1.73. The lowest BCUT2D eigenvalue weighted by Crippen LogP contribution is -2.35. The van der Waals surface area contributed by atoms with Gasteiger partial charge in [-0.1, -0.05) is 5.92 Å². The quantitative estimate of drug-likeness (QED) is 0.790. The first-order valence-corrected chi connectivity index (χ1v) is 5.49. The lowest BCUT2D eigenvalue weighted by Gasteiger charge is -2.17. The van der Waals surface area contributed by atoms with Crippen LogP contribution in [0.3, 0.4) is 0 Å². The summed E-state index contributed by atoms with van der Waals surface area (Å²) in [6, 6.07) is 4.96. The van der Waals surface area contributed by atoms with Crippen LogP contribution in [-0.4, -0.2) is 45.2 Å². The number of aromatic nitrogens is 2. The van der Waals surface area contributed by atoms with Gasteiger partial charge >= 0.3 is 5.97 Å². The third-order valence-corrected chi connectivity index (χ3v) is 2.58. The summed E-state index contributed by atoms with van der Waals surface area (Å²) >= 11 is 0.